The lowest BCUT2D eigenvalue weighted by Gasteiger charge is -2.21. The minimum atomic E-state index is -3.62. The van der Waals surface area contributed by atoms with Crippen molar-refractivity contribution in [1.29, 1.82) is 0 Å². The molecule has 2 aromatic carbocycles. The van der Waals surface area contributed by atoms with Crippen LogP contribution in [0.1, 0.15) is 5.56 Å². The van der Waals surface area contributed by atoms with Crippen LogP contribution in [0.15, 0.2) is 58.1 Å². The van der Waals surface area contributed by atoms with Gasteiger partial charge in [-0.2, -0.15) is 5.10 Å². The Hall–Kier alpha value is -2.39. The smallest absolute Gasteiger partial charge is 0.260 e. The molecular weight excluding hydrogens is 422 g/mol. The number of nitrogens with one attached hydrogen (secondary N) is 1. The molecule has 0 aliphatic rings. The van der Waals surface area contributed by atoms with Gasteiger partial charge in [0.15, 0.2) is 0 Å². The topological polar surface area (TPSA) is 88.1 Å². The Kier molecular flexibility index (Phi) is 6.76. The van der Waals surface area contributed by atoms with Crippen LogP contribution in [0.4, 0.5) is 5.69 Å². The van der Waals surface area contributed by atoms with E-state index in [9.17, 15) is 13.2 Å². The van der Waals surface area contributed by atoms with Gasteiger partial charge in [0.2, 0.25) is 10.0 Å². The predicted molar refractivity (Wildman–Crippen MR) is 105 cm³/mol. The molecule has 0 saturated heterocycles. The van der Waals surface area contributed by atoms with Crippen LogP contribution in [-0.2, 0) is 14.8 Å². The number of anilines is 1. The molecule has 2 rings (SSSR count). The maximum atomic E-state index is 12.1. The van der Waals surface area contributed by atoms with E-state index >= 15 is 0 Å². The molecule has 1 amide bonds. The van der Waals surface area contributed by atoms with Crippen molar-refractivity contribution in [3.05, 3.63) is 58.6 Å². The van der Waals surface area contributed by atoms with Gasteiger partial charge in [-0.1, -0.05) is 28.1 Å². The van der Waals surface area contributed by atoms with Crippen LogP contribution in [-0.4, -0.2) is 40.4 Å². The number of benzene rings is 2. The molecular formula is C17H18BrN3O4S. The normalized spacial score (nSPS) is 11.3. The first-order valence-electron chi connectivity index (χ1n) is 7.49. The van der Waals surface area contributed by atoms with Gasteiger partial charge in [0.25, 0.3) is 5.91 Å². The van der Waals surface area contributed by atoms with Gasteiger partial charge in [-0.05, 0) is 42.0 Å². The van der Waals surface area contributed by atoms with Crippen LogP contribution in [0.3, 0.4) is 0 Å². The summed E-state index contributed by atoms with van der Waals surface area (Å²) in [5.74, 6) is 0.108. The SMILES string of the molecule is COc1cccc(/C=N\NC(=O)CN(c2ccc(Br)cc2)S(C)(=O)=O)c1. The highest BCUT2D eigenvalue weighted by Crippen LogP contribution is 2.20. The molecule has 7 nitrogen and oxygen atoms in total. The van der Waals surface area contributed by atoms with Gasteiger partial charge in [0, 0.05) is 4.47 Å². The number of amides is 1. The zero-order valence-electron chi connectivity index (χ0n) is 14.2. The lowest BCUT2D eigenvalue weighted by Crippen LogP contribution is -2.39. The second kappa shape index (κ2) is 8.81. The van der Waals surface area contributed by atoms with Gasteiger partial charge in [0.05, 0.1) is 25.3 Å². The number of carbonyl (C=O) groups excluding carboxylic acids is 1. The van der Waals surface area contributed by atoms with E-state index < -0.39 is 15.9 Å². The van der Waals surface area contributed by atoms with Gasteiger partial charge >= 0.3 is 0 Å². The number of halogens is 1. The van der Waals surface area contributed by atoms with E-state index in [1.54, 1.807) is 55.6 Å². The van der Waals surface area contributed by atoms with Gasteiger partial charge in [-0.25, -0.2) is 13.8 Å². The van der Waals surface area contributed by atoms with Gasteiger partial charge in [-0.3, -0.25) is 9.10 Å². The summed E-state index contributed by atoms with van der Waals surface area (Å²) in [4.78, 5) is 12.1. The molecule has 0 spiro atoms. The van der Waals surface area contributed by atoms with E-state index in [1.165, 1.54) is 6.21 Å². The van der Waals surface area contributed by atoms with Crippen molar-refractivity contribution < 1.29 is 17.9 Å². The molecule has 26 heavy (non-hydrogen) atoms. The number of sulfonamides is 1. The number of methoxy groups -OCH3 is 1. The lowest BCUT2D eigenvalue weighted by molar-refractivity contribution is -0.119. The molecule has 0 radical (unpaired) electrons. The monoisotopic (exact) mass is 439 g/mol. The fourth-order valence-electron chi connectivity index (χ4n) is 2.07. The van der Waals surface area contributed by atoms with Crippen molar-refractivity contribution in [2.75, 3.05) is 24.2 Å². The van der Waals surface area contributed by atoms with Crippen molar-refractivity contribution >= 4 is 43.8 Å². The highest BCUT2D eigenvalue weighted by molar-refractivity contribution is 9.10. The van der Waals surface area contributed by atoms with Crippen LogP contribution in [0.2, 0.25) is 0 Å². The van der Waals surface area contributed by atoms with Crippen LogP contribution < -0.4 is 14.5 Å². The molecule has 0 heterocycles. The molecule has 0 unspecified atom stereocenters. The Balaban J connectivity index is 2.05. The molecule has 138 valence electrons. The standard InChI is InChI=1S/C17H18BrN3O4S/c1-25-16-5-3-4-13(10-16)11-19-20-17(22)12-21(26(2,23)24)15-8-6-14(18)7-9-15/h3-11H,12H2,1-2H3,(H,20,22)/b19-11-. The fraction of sp³-hybridized carbons (Fsp3) is 0.176. The summed E-state index contributed by atoms with van der Waals surface area (Å²) >= 11 is 3.29. The third kappa shape index (κ3) is 5.85. The van der Waals surface area contributed by atoms with Crippen molar-refractivity contribution in [2.45, 2.75) is 0 Å². The fourth-order valence-corrected chi connectivity index (χ4v) is 3.19. The molecule has 0 aromatic heterocycles. The van der Waals surface area contributed by atoms with Crippen LogP contribution in [0.25, 0.3) is 0 Å². The van der Waals surface area contributed by atoms with Gasteiger partial charge in [-0.15, -0.1) is 0 Å². The van der Waals surface area contributed by atoms with E-state index in [1.807, 2.05) is 0 Å². The highest BCUT2D eigenvalue weighted by atomic mass is 79.9. The minimum Gasteiger partial charge on any atom is -0.497 e. The van der Waals surface area contributed by atoms with E-state index in [0.717, 1.165) is 20.6 Å². The first-order valence-corrected chi connectivity index (χ1v) is 10.1. The van der Waals surface area contributed by atoms with Crippen molar-refractivity contribution in [1.82, 2.24) is 5.43 Å². The molecule has 0 bridgehead atoms. The Labute approximate surface area is 160 Å². The average molecular weight is 440 g/mol. The molecule has 0 fully saturated rings. The summed E-state index contributed by atoms with van der Waals surface area (Å²) in [6, 6.07) is 13.7. The van der Waals surface area contributed by atoms with Gasteiger partial charge < -0.3 is 4.74 Å². The number of nitrogens with zero attached hydrogens (tertiary/aromatic N) is 2. The van der Waals surface area contributed by atoms with Gasteiger partial charge in [0.1, 0.15) is 12.3 Å². The molecule has 0 saturated carbocycles. The first-order chi connectivity index (χ1) is 12.3. The predicted octanol–water partition coefficient (Wildman–Crippen LogP) is 2.37. The zero-order chi connectivity index (χ0) is 19.2. The molecule has 9 heteroatoms. The largest absolute Gasteiger partial charge is 0.497 e. The van der Waals surface area contributed by atoms with E-state index in [-0.39, 0.29) is 6.54 Å². The zero-order valence-corrected chi connectivity index (χ0v) is 16.6. The summed E-state index contributed by atoms with van der Waals surface area (Å²) in [6.07, 6.45) is 2.49. The van der Waals surface area contributed by atoms with Crippen molar-refractivity contribution in [2.24, 2.45) is 5.10 Å². The lowest BCUT2D eigenvalue weighted by atomic mass is 10.2. The number of hydrogen-bond acceptors (Lipinski definition) is 5. The van der Waals surface area contributed by atoms with Crippen LogP contribution >= 0.6 is 15.9 Å². The highest BCUT2D eigenvalue weighted by Gasteiger charge is 2.20. The Morgan fingerprint density at radius 2 is 1.96 bits per heavy atom. The minimum absolute atomic E-state index is 0.379. The van der Waals surface area contributed by atoms with Crippen molar-refractivity contribution in [3.8, 4) is 5.75 Å². The van der Waals surface area contributed by atoms with Crippen LogP contribution in [0.5, 0.6) is 5.75 Å². The second-order valence-corrected chi connectivity index (χ2v) is 8.14. The first kappa shape index (κ1) is 19.9. The summed E-state index contributed by atoms with van der Waals surface area (Å²) in [6.45, 7) is -0.379. The average Bonchev–Trinajstić information content (AvgIpc) is 2.60. The number of hydrogen-bond donors (Lipinski definition) is 1. The van der Waals surface area contributed by atoms with Crippen LogP contribution in [0, 0.1) is 0 Å². The maximum absolute atomic E-state index is 12.1. The summed E-state index contributed by atoms with van der Waals surface area (Å²) < 4.78 is 30.9. The summed E-state index contributed by atoms with van der Waals surface area (Å²) in [7, 11) is -2.07. The molecule has 1 N–H and O–H groups in total. The van der Waals surface area contributed by atoms with Crippen molar-refractivity contribution in [3.63, 3.8) is 0 Å². The number of ether oxygens (including phenoxy) is 1. The summed E-state index contributed by atoms with van der Waals surface area (Å²) in [5.41, 5.74) is 3.45. The molecule has 0 aliphatic heterocycles. The van der Waals surface area contributed by atoms with E-state index in [0.29, 0.717) is 11.4 Å². The number of rotatable bonds is 7. The third-order valence-electron chi connectivity index (χ3n) is 3.30. The Bertz CT molecular complexity index is 898. The van der Waals surface area contributed by atoms with E-state index in [4.69, 9.17) is 4.74 Å². The Morgan fingerprint density at radius 1 is 1.27 bits per heavy atom. The number of hydrazone groups is 1. The molecule has 2 aromatic rings. The maximum Gasteiger partial charge on any atom is 0.260 e. The molecule has 0 atom stereocenters. The second-order valence-electron chi connectivity index (χ2n) is 5.32. The Morgan fingerprint density at radius 3 is 2.58 bits per heavy atom. The molecule has 0 aliphatic carbocycles. The number of carbonyl (C=O) groups is 1. The third-order valence-corrected chi connectivity index (χ3v) is 4.97. The van der Waals surface area contributed by atoms with E-state index in [2.05, 4.69) is 26.5 Å². The quantitative estimate of drug-likeness (QED) is 0.529. The summed E-state index contributed by atoms with van der Waals surface area (Å²) in [5, 5.41) is 3.85.